The average Bonchev–Trinajstić information content (AvgIpc) is 2.39. The highest BCUT2D eigenvalue weighted by Gasteiger charge is 2.55. The van der Waals surface area contributed by atoms with Crippen LogP contribution in [0.2, 0.25) is 0 Å². The van der Waals surface area contributed by atoms with Crippen molar-refractivity contribution >= 4 is 0 Å². The van der Waals surface area contributed by atoms with E-state index in [9.17, 15) is 0 Å². The molecular formula is C10H17N. The fraction of sp³-hybridized carbons (Fsp3) is 1.00. The van der Waals surface area contributed by atoms with Gasteiger partial charge in [0.25, 0.3) is 0 Å². The van der Waals surface area contributed by atoms with E-state index < -0.39 is 0 Å². The zero-order chi connectivity index (χ0) is 7.47. The van der Waals surface area contributed by atoms with Crippen molar-refractivity contribution in [2.75, 3.05) is 13.6 Å². The molecule has 0 radical (unpaired) electrons. The maximum Gasteiger partial charge on any atom is 0.0101 e. The van der Waals surface area contributed by atoms with E-state index in [2.05, 4.69) is 11.9 Å². The second kappa shape index (κ2) is 1.82. The summed E-state index contributed by atoms with van der Waals surface area (Å²) in [5.41, 5.74) is 0.872. The first-order valence-corrected chi connectivity index (χ1v) is 5.00. The van der Waals surface area contributed by atoms with Crippen molar-refractivity contribution in [3.8, 4) is 0 Å². The lowest BCUT2D eigenvalue weighted by Gasteiger charge is -2.47. The van der Waals surface area contributed by atoms with Gasteiger partial charge in [-0.3, -0.25) is 0 Å². The van der Waals surface area contributed by atoms with Crippen LogP contribution in [0, 0.1) is 11.3 Å². The van der Waals surface area contributed by atoms with Gasteiger partial charge in [0, 0.05) is 12.6 Å². The minimum Gasteiger partial charge on any atom is -0.303 e. The molecule has 62 valence electrons. The van der Waals surface area contributed by atoms with Gasteiger partial charge in [-0.25, -0.2) is 0 Å². The number of hydrogen-bond acceptors (Lipinski definition) is 1. The van der Waals surface area contributed by atoms with Crippen LogP contribution in [0.5, 0.6) is 0 Å². The second-order valence-electron chi connectivity index (χ2n) is 4.95. The normalized spacial score (nSPS) is 46.6. The first-order chi connectivity index (χ1) is 5.30. The summed E-state index contributed by atoms with van der Waals surface area (Å²) in [7, 11) is 2.30. The van der Waals surface area contributed by atoms with E-state index in [0.29, 0.717) is 0 Å². The van der Waals surface area contributed by atoms with Gasteiger partial charge in [-0.05, 0) is 44.1 Å². The number of rotatable bonds is 0. The number of nitrogens with zero attached hydrogens (tertiary/aromatic N) is 1. The van der Waals surface area contributed by atoms with Crippen LogP contribution in [0.4, 0.5) is 0 Å². The molecule has 2 atom stereocenters. The van der Waals surface area contributed by atoms with Crippen LogP contribution in [-0.4, -0.2) is 24.5 Å². The summed E-state index contributed by atoms with van der Waals surface area (Å²) in [6, 6.07) is 0.972. The Morgan fingerprint density at radius 1 is 1.36 bits per heavy atom. The maximum atomic E-state index is 2.58. The van der Waals surface area contributed by atoms with Crippen LogP contribution in [0.1, 0.15) is 32.1 Å². The lowest BCUT2D eigenvalue weighted by Crippen LogP contribution is -2.43. The van der Waals surface area contributed by atoms with E-state index in [4.69, 9.17) is 0 Å². The molecule has 0 N–H and O–H groups in total. The fourth-order valence-electron chi connectivity index (χ4n) is 3.64. The maximum absolute atomic E-state index is 2.58. The molecule has 11 heavy (non-hydrogen) atoms. The Bertz CT molecular complexity index is 181. The summed E-state index contributed by atoms with van der Waals surface area (Å²) in [6.07, 6.45) is 7.70. The Morgan fingerprint density at radius 2 is 2.18 bits per heavy atom. The summed E-state index contributed by atoms with van der Waals surface area (Å²) in [4.78, 5) is 2.58. The van der Waals surface area contributed by atoms with Crippen LogP contribution in [0.25, 0.3) is 0 Å². The molecule has 2 unspecified atom stereocenters. The van der Waals surface area contributed by atoms with Crippen molar-refractivity contribution in [3.63, 3.8) is 0 Å². The molecule has 2 aliphatic carbocycles. The van der Waals surface area contributed by atoms with Gasteiger partial charge in [-0.15, -0.1) is 0 Å². The van der Waals surface area contributed by atoms with E-state index in [1.54, 1.807) is 12.8 Å². The van der Waals surface area contributed by atoms with Crippen molar-refractivity contribution < 1.29 is 0 Å². The molecule has 3 aliphatic rings. The van der Waals surface area contributed by atoms with Crippen LogP contribution in [-0.2, 0) is 0 Å². The highest BCUT2D eigenvalue weighted by Crippen LogP contribution is 2.60. The Labute approximate surface area is 68.8 Å². The monoisotopic (exact) mass is 151 g/mol. The van der Waals surface area contributed by atoms with E-state index in [-0.39, 0.29) is 0 Å². The van der Waals surface area contributed by atoms with Crippen molar-refractivity contribution in [1.29, 1.82) is 0 Å². The van der Waals surface area contributed by atoms with Gasteiger partial charge in [0.1, 0.15) is 0 Å². The average molecular weight is 151 g/mol. The first kappa shape index (κ1) is 6.47. The second-order valence-corrected chi connectivity index (χ2v) is 4.95. The number of hydrogen-bond donors (Lipinski definition) is 0. The van der Waals surface area contributed by atoms with E-state index in [0.717, 1.165) is 17.4 Å². The Hall–Kier alpha value is -0.0400. The molecule has 1 heteroatoms. The minimum absolute atomic E-state index is 0.872. The number of fused-ring (bicyclic) bond motifs is 3. The smallest absolute Gasteiger partial charge is 0.0101 e. The fourth-order valence-corrected chi connectivity index (χ4v) is 3.64. The van der Waals surface area contributed by atoms with E-state index in [1.807, 2.05) is 0 Å². The molecule has 1 spiro atoms. The molecule has 3 fully saturated rings. The third kappa shape index (κ3) is 0.658. The predicted molar refractivity (Wildman–Crippen MR) is 45.4 cm³/mol. The SMILES string of the molecule is CN1CC2CC1CC21CCC1. The molecule has 1 nitrogen and oxygen atoms in total. The van der Waals surface area contributed by atoms with Crippen molar-refractivity contribution in [2.45, 2.75) is 38.1 Å². The highest BCUT2D eigenvalue weighted by molar-refractivity contribution is 5.07. The number of piperidine rings is 1. The predicted octanol–water partition coefficient (Wildman–Crippen LogP) is 1.88. The Morgan fingerprint density at radius 3 is 2.55 bits per heavy atom. The molecule has 0 amide bonds. The summed E-state index contributed by atoms with van der Waals surface area (Å²) in [6.45, 7) is 1.41. The van der Waals surface area contributed by atoms with Crippen LogP contribution in [0.3, 0.4) is 0 Å². The van der Waals surface area contributed by atoms with Gasteiger partial charge >= 0.3 is 0 Å². The van der Waals surface area contributed by atoms with Gasteiger partial charge in [-0.2, -0.15) is 0 Å². The van der Waals surface area contributed by atoms with Gasteiger partial charge in [0.15, 0.2) is 0 Å². The van der Waals surface area contributed by atoms with Gasteiger partial charge in [0.2, 0.25) is 0 Å². The van der Waals surface area contributed by atoms with Crippen molar-refractivity contribution in [3.05, 3.63) is 0 Å². The summed E-state index contributed by atoms with van der Waals surface area (Å²) in [5.74, 6) is 1.09. The lowest BCUT2D eigenvalue weighted by molar-refractivity contribution is 0.0302. The van der Waals surface area contributed by atoms with Crippen LogP contribution < -0.4 is 0 Å². The molecule has 1 heterocycles. The largest absolute Gasteiger partial charge is 0.303 e. The lowest BCUT2D eigenvalue weighted by atomic mass is 9.62. The van der Waals surface area contributed by atoms with Crippen LogP contribution >= 0.6 is 0 Å². The van der Waals surface area contributed by atoms with E-state index >= 15 is 0 Å². The van der Waals surface area contributed by atoms with Gasteiger partial charge < -0.3 is 4.90 Å². The summed E-state index contributed by atoms with van der Waals surface area (Å²) < 4.78 is 0. The third-order valence-corrected chi connectivity index (χ3v) is 4.55. The van der Waals surface area contributed by atoms with Crippen LogP contribution in [0.15, 0.2) is 0 Å². The standard InChI is InChI=1S/C10H17N/c1-11-7-8-5-9(11)6-10(8)3-2-4-10/h8-9H,2-7H2,1H3. The van der Waals surface area contributed by atoms with Crippen molar-refractivity contribution in [1.82, 2.24) is 4.90 Å². The Kier molecular flexibility index (Phi) is 1.07. The molecule has 0 aromatic rings. The highest BCUT2D eigenvalue weighted by atomic mass is 15.2. The number of likely N-dealkylation sites (tertiary alicyclic amines) is 1. The molecule has 0 aromatic heterocycles. The minimum atomic E-state index is 0.872. The van der Waals surface area contributed by atoms with Gasteiger partial charge in [-0.1, -0.05) is 6.42 Å². The molecule has 1 aliphatic heterocycles. The molecule has 0 aromatic carbocycles. The zero-order valence-electron chi connectivity index (χ0n) is 7.34. The Balaban J connectivity index is 1.85. The van der Waals surface area contributed by atoms with E-state index in [1.165, 1.54) is 25.8 Å². The molecule has 3 rings (SSSR count). The summed E-state index contributed by atoms with van der Waals surface area (Å²) in [5, 5.41) is 0. The third-order valence-electron chi connectivity index (χ3n) is 4.55. The molecule has 1 saturated heterocycles. The topological polar surface area (TPSA) is 3.24 Å². The first-order valence-electron chi connectivity index (χ1n) is 5.00. The molecule has 2 saturated carbocycles. The molecular weight excluding hydrogens is 134 g/mol. The molecule has 2 bridgehead atoms. The quantitative estimate of drug-likeness (QED) is 0.511. The summed E-state index contributed by atoms with van der Waals surface area (Å²) >= 11 is 0. The van der Waals surface area contributed by atoms with Crippen molar-refractivity contribution in [2.24, 2.45) is 11.3 Å². The van der Waals surface area contributed by atoms with Gasteiger partial charge in [0.05, 0.1) is 0 Å². The zero-order valence-corrected chi connectivity index (χ0v) is 7.34.